The summed E-state index contributed by atoms with van der Waals surface area (Å²) < 4.78 is 8.75. The minimum Gasteiger partial charge on any atom is -0.367 e. The molecule has 2 heterocycles. The Morgan fingerprint density at radius 2 is 2.32 bits per heavy atom. The molecule has 0 aliphatic carbocycles. The third-order valence-electron chi connectivity index (χ3n) is 3.42. The Hall–Kier alpha value is -1.04. The van der Waals surface area contributed by atoms with E-state index in [1.165, 1.54) is 33.4 Å². The lowest BCUT2D eigenvalue weighted by atomic mass is 10.2. The third kappa shape index (κ3) is 2.94. The normalized spacial score (nSPS) is 15.5. The van der Waals surface area contributed by atoms with Gasteiger partial charge in [-0.15, -0.1) is 0 Å². The van der Waals surface area contributed by atoms with Crippen molar-refractivity contribution in [2.45, 2.75) is 23.6 Å². The first-order chi connectivity index (χ1) is 9.34. The van der Waals surface area contributed by atoms with Crippen molar-refractivity contribution in [3.05, 3.63) is 42.1 Å². The molecule has 5 heteroatoms. The van der Waals surface area contributed by atoms with Crippen molar-refractivity contribution in [1.82, 2.24) is 9.10 Å². The van der Waals surface area contributed by atoms with E-state index in [1.807, 2.05) is 12.3 Å². The van der Waals surface area contributed by atoms with E-state index in [9.17, 15) is 0 Å². The fourth-order valence-corrected chi connectivity index (χ4v) is 3.82. The highest BCUT2D eigenvalue weighted by molar-refractivity contribution is 7.99. The van der Waals surface area contributed by atoms with Gasteiger partial charge in [-0.05, 0) is 54.5 Å². The number of hydrogen-bond donors (Lipinski definition) is 1. The second kappa shape index (κ2) is 5.94. The number of hydrogen-bond acceptors (Lipinski definition) is 5. The molecule has 0 saturated carbocycles. The maximum atomic E-state index is 4.10. The van der Waals surface area contributed by atoms with Crippen LogP contribution in [0.15, 0.2) is 40.7 Å². The van der Waals surface area contributed by atoms with E-state index in [-0.39, 0.29) is 0 Å². The van der Waals surface area contributed by atoms with Gasteiger partial charge in [0.2, 0.25) is 0 Å². The summed E-state index contributed by atoms with van der Waals surface area (Å²) in [5.41, 5.74) is 2.88. The van der Waals surface area contributed by atoms with Crippen LogP contribution in [-0.2, 0) is 6.42 Å². The number of benzene rings is 1. The predicted octanol–water partition coefficient (Wildman–Crippen LogP) is 3.19. The summed E-state index contributed by atoms with van der Waals surface area (Å²) in [4.78, 5) is 2.50. The van der Waals surface area contributed by atoms with E-state index in [0.29, 0.717) is 6.04 Å². The van der Waals surface area contributed by atoms with E-state index < -0.39 is 0 Å². The van der Waals surface area contributed by atoms with Gasteiger partial charge in [-0.25, -0.2) is 0 Å². The second-order valence-corrected chi connectivity index (χ2v) is 6.73. The molecule has 1 aromatic carbocycles. The maximum Gasteiger partial charge on any atom is 0.0958 e. The molecule has 0 amide bonds. The minimum atomic E-state index is 0.504. The van der Waals surface area contributed by atoms with Crippen LogP contribution in [0.1, 0.15) is 12.5 Å². The molecule has 1 N–H and O–H groups in total. The summed E-state index contributed by atoms with van der Waals surface area (Å²) in [6.45, 7) is 4.38. The number of aromatic nitrogens is 1. The summed E-state index contributed by atoms with van der Waals surface area (Å²) in [7, 11) is 0. The van der Waals surface area contributed by atoms with Crippen LogP contribution in [0.5, 0.6) is 0 Å². The van der Waals surface area contributed by atoms with E-state index >= 15 is 0 Å². The van der Waals surface area contributed by atoms with Crippen molar-refractivity contribution in [3.8, 4) is 0 Å². The average molecular weight is 291 g/mol. The van der Waals surface area contributed by atoms with E-state index in [2.05, 4.69) is 45.2 Å². The van der Waals surface area contributed by atoms with Crippen molar-refractivity contribution >= 4 is 29.2 Å². The van der Waals surface area contributed by atoms with Gasteiger partial charge < -0.3 is 4.90 Å². The molecule has 0 radical (unpaired) electrons. The zero-order chi connectivity index (χ0) is 13.1. The number of anilines is 1. The summed E-state index contributed by atoms with van der Waals surface area (Å²) in [6, 6.07) is 11.3. The summed E-state index contributed by atoms with van der Waals surface area (Å²) >= 11 is 3.21. The highest BCUT2D eigenvalue weighted by atomic mass is 32.2. The standard InChI is InChI=1S/C14H17N3S2/c1-11(10-16-19-14-6-8-15-18-14)17-9-7-12-4-2-3-5-13(12)17/h2-6,8,11,16H,7,9-10H2,1H3. The Labute approximate surface area is 122 Å². The van der Waals surface area contributed by atoms with E-state index in [1.54, 1.807) is 11.9 Å². The van der Waals surface area contributed by atoms with Gasteiger partial charge in [0.15, 0.2) is 0 Å². The SMILES string of the molecule is CC(CNSc1ccns1)N1CCc2ccccc21. The van der Waals surface area contributed by atoms with Crippen LogP contribution in [0.25, 0.3) is 0 Å². The van der Waals surface area contributed by atoms with Gasteiger partial charge in [-0.3, -0.25) is 4.72 Å². The molecule has 2 aromatic rings. The lowest BCUT2D eigenvalue weighted by Gasteiger charge is -2.27. The Balaban J connectivity index is 1.55. The Morgan fingerprint density at radius 3 is 3.16 bits per heavy atom. The highest BCUT2D eigenvalue weighted by Gasteiger charge is 2.22. The van der Waals surface area contributed by atoms with Crippen LogP contribution in [0.2, 0.25) is 0 Å². The van der Waals surface area contributed by atoms with Gasteiger partial charge in [0.1, 0.15) is 0 Å². The number of nitrogens with zero attached hydrogens (tertiary/aromatic N) is 2. The van der Waals surface area contributed by atoms with Gasteiger partial charge in [-0.1, -0.05) is 18.2 Å². The minimum absolute atomic E-state index is 0.504. The van der Waals surface area contributed by atoms with Gasteiger partial charge in [-0.2, -0.15) is 4.37 Å². The lowest BCUT2D eigenvalue weighted by molar-refractivity contribution is 0.645. The fourth-order valence-electron chi connectivity index (χ4n) is 2.42. The zero-order valence-electron chi connectivity index (χ0n) is 10.9. The molecule has 0 bridgehead atoms. The number of fused-ring (bicyclic) bond motifs is 1. The van der Waals surface area contributed by atoms with Crippen LogP contribution in [-0.4, -0.2) is 23.5 Å². The van der Waals surface area contributed by atoms with Crippen LogP contribution < -0.4 is 9.62 Å². The largest absolute Gasteiger partial charge is 0.367 e. The van der Waals surface area contributed by atoms with Crippen LogP contribution in [0.3, 0.4) is 0 Å². The molecule has 0 spiro atoms. The summed E-state index contributed by atoms with van der Waals surface area (Å²) in [5.74, 6) is 0. The van der Waals surface area contributed by atoms with Crippen molar-refractivity contribution in [2.24, 2.45) is 0 Å². The average Bonchev–Trinajstić information content (AvgIpc) is 3.07. The number of para-hydroxylation sites is 1. The molecule has 0 saturated heterocycles. The Bertz CT molecular complexity index is 527. The Morgan fingerprint density at radius 1 is 1.42 bits per heavy atom. The van der Waals surface area contributed by atoms with Crippen molar-refractivity contribution in [3.63, 3.8) is 0 Å². The molecule has 1 aliphatic heterocycles. The Kier molecular flexibility index (Phi) is 4.06. The molecular weight excluding hydrogens is 274 g/mol. The predicted molar refractivity (Wildman–Crippen MR) is 82.9 cm³/mol. The van der Waals surface area contributed by atoms with Crippen LogP contribution >= 0.6 is 23.5 Å². The molecule has 100 valence electrons. The fraction of sp³-hybridized carbons (Fsp3) is 0.357. The summed E-state index contributed by atoms with van der Waals surface area (Å²) in [5, 5.41) is 0. The van der Waals surface area contributed by atoms with Gasteiger partial charge in [0.25, 0.3) is 0 Å². The van der Waals surface area contributed by atoms with Crippen molar-refractivity contribution in [1.29, 1.82) is 0 Å². The van der Waals surface area contributed by atoms with Crippen LogP contribution in [0, 0.1) is 0 Å². The van der Waals surface area contributed by atoms with E-state index in [4.69, 9.17) is 0 Å². The molecular formula is C14H17N3S2. The van der Waals surface area contributed by atoms with Gasteiger partial charge >= 0.3 is 0 Å². The van der Waals surface area contributed by atoms with Crippen molar-refractivity contribution in [2.75, 3.05) is 18.0 Å². The molecule has 1 unspecified atom stereocenters. The number of nitrogens with one attached hydrogen (secondary N) is 1. The first kappa shape index (κ1) is 13.0. The van der Waals surface area contributed by atoms with E-state index in [0.717, 1.165) is 13.1 Å². The molecule has 3 nitrogen and oxygen atoms in total. The molecule has 0 fully saturated rings. The maximum absolute atomic E-state index is 4.10. The molecule has 19 heavy (non-hydrogen) atoms. The first-order valence-electron chi connectivity index (χ1n) is 6.49. The number of rotatable bonds is 5. The van der Waals surface area contributed by atoms with Gasteiger partial charge in [0.05, 0.1) is 4.21 Å². The third-order valence-corrected chi connectivity index (χ3v) is 5.09. The monoisotopic (exact) mass is 291 g/mol. The molecule has 3 rings (SSSR count). The van der Waals surface area contributed by atoms with Crippen LogP contribution in [0.4, 0.5) is 5.69 Å². The summed E-state index contributed by atoms with van der Waals surface area (Å²) in [6.07, 6.45) is 3.01. The zero-order valence-corrected chi connectivity index (χ0v) is 12.5. The first-order valence-corrected chi connectivity index (χ1v) is 8.08. The second-order valence-electron chi connectivity index (χ2n) is 4.70. The molecule has 1 atom stereocenters. The lowest BCUT2D eigenvalue weighted by Crippen LogP contribution is -2.37. The highest BCUT2D eigenvalue weighted by Crippen LogP contribution is 2.29. The van der Waals surface area contributed by atoms with Gasteiger partial charge in [0, 0.05) is 31.0 Å². The smallest absolute Gasteiger partial charge is 0.0958 e. The van der Waals surface area contributed by atoms with Crippen molar-refractivity contribution < 1.29 is 0 Å². The molecule has 1 aliphatic rings. The topological polar surface area (TPSA) is 28.2 Å². The molecule has 1 aromatic heterocycles. The quantitative estimate of drug-likeness (QED) is 0.856.